The van der Waals surface area contributed by atoms with Crippen LogP contribution in [-0.4, -0.2) is 25.2 Å². The first-order valence-corrected chi connectivity index (χ1v) is 10.1. The number of nitrogens with zero attached hydrogens (tertiary/aromatic N) is 1. The third-order valence-electron chi connectivity index (χ3n) is 4.81. The Kier molecular flexibility index (Phi) is 5.59. The second kappa shape index (κ2) is 8.29. The fourth-order valence-electron chi connectivity index (χ4n) is 3.25. The lowest BCUT2D eigenvalue weighted by Gasteiger charge is -2.11. The van der Waals surface area contributed by atoms with Crippen LogP contribution >= 0.6 is 15.9 Å². The molecular weight excluding hydrogens is 420 g/mol. The molecule has 2 aromatic carbocycles. The highest BCUT2D eigenvalue weighted by Crippen LogP contribution is 2.21. The molecule has 3 aromatic rings. The van der Waals surface area contributed by atoms with E-state index in [0.717, 1.165) is 40.6 Å². The Balaban J connectivity index is 1.77. The Bertz CT molecular complexity index is 1080. The summed E-state index contributed by atoms with van der Waals surface area (Å²) in [5.41, 5.74) is 3.17. The summed E-state index contributed by atoms with van der Waals surface area (Å²) in [5, 5.41) is 3.80. The lowest BCUT2D eigenvalue weighted by molar-refractivity contribution is 0.0854. The summed E-state index contributed by atoms with van der Waals surface area (Å²) in [6.45, 7) is 3.22. The van der Waals surface area contributed by atoms with E-state index < -0.39 is 0 Å². The van der Waals surface area contributed by atoms with Gasteiger partial charge in [-0.2, -0.15) is 0 Å². The highest BCUT2D eigenvalue weighted by atomic mass is 79.9. The van der Waals surface area contributed by atoms with Gasteiger partial charge in [0.1, 0.15) is 11.1 Å². The molecule has 0 unspecified atom stereocenters. The smallest absolute Gasteiger partial charge is 0.256 e. The molecule has 1 saturated heterocycles. The van der Waals surface area contributed by atoms with E-state index in [9.17, 15) is 4.79 Å². The van der Waals surface area contributed by atoms with E-state index in [4.69, 9.17) is 9.15 Å². The quantitative estimate of drug-likeness (QED) is 0.642. The molecule has 0 spiro atoms. The van der Waals surface area contributed by atoms with Gasteiger partial charge in [-0.05, 0) is 55.7 Å². The fourth-order valence-corrected chi connectivity index (χ4v) is 3.63. The van der Waals surface area contributed by atoms with Gasteiger partial charge in [-0.15, -0.1) is 0 Å². The molecule has 144 valence electrons. The topological polar surface area (TPSA) is 63.8 Å². The summed E-state index contributed by atoms with van der Waals surface area (Å²) < 4.78 is 12.5. The second-order valence-corrected chi connectivity index (χ2v) is 7.81. The van der Waals surface area contributed by atoms with Gasteiger partial charge in [0.05, 0.1) is 11.8 Å². The standard InChI is InChI=1S/C22H21BrN2O3/c1-14-5-2-3-7-19(14)25-22-18(21(26)24-13-17-6-4-10-27-17)12-15-11-16(23)8-9-20(15)28-22/h2-3,5,7-9,11-12,17H,4,6,10,13H2,1H3,(H,24,26)/t17-/m1/s1. The molecule has 0 aliphatic carbocycles. The monoisotopic (exact) mass is 440 g/mol. The number of nitrogens with one attached hydrogen (secondary N) is 1. The van der Waals surface area contributed by atoms with E-state index in [0.29, 0.717) is 23.2 Å². The molecule has 1 N–H and O–H groups in total. The second-order valence-electron chi connectivity index (χ2n) is 6.89. The molecule has 6 heteroatoms. The van der Waals surface area contributed by atoms with E-state index in [1.54, 1.807) is 0 Å². The normalized spacial score (nSPS) is 17.2. The van der Waals surface area contributed by atoms with Crippen LogP contribution in [0.1, 0.15) is 28.8 Å². The summed E-state index contributed by atoms with van der Waals surface area (Å²) in [7, 11) is 0. The molecule has 1 aromatic heterocycles. The molecule has 1 aliphatic heterocycles. The van der Waals surface area contributed by atoms with Crippen molar-refractivity contribution in [3.8, 4) is 0 Å². The van der Waals surface area contributed by atoms with Crippen molar-refractivity contribution in [3.63, 3.8) is 0 Å². The van der Waals surface area contributed by atoms with Crippen LogP contribution in [0.5, 0.6) is 0 Å². The molecule has 0 saturated carbocycles. The summed E-state index contributed by atoms with van der Waals surface area (Å²) in [6.07, 6.45) is 2.08. The molecule has 1 atom stereocenters. The minimum absolute atomic E-state index is 0.0762. The van der Waals surface area contributed by atoms with Crippen molar-refractivity contribution >= 4 is 38.5 Å². The molecule has 28 heavy (non-hydrogen) atoms. The van der Waals surface area contributed by atoms with Crippen LogP contribution in [0.15, 0.2) is 62.4 Å². The molecule has 1 aliphatic rings. The number of hydrogen-bond donors (Lipinski definition) is 1. The van der Waals surface area contributed by atoms with Crippen LogP contribution in [0.3, 0.4) is 0 Å². The number of hydrogen-bond acceptors (Lipinski definition) is 4. The van der Waals surface area contributed by atoms with Gasteiger partial charge in [0.25, 0.3) is 5.91 Å². The number of rotatable bonds is 4. The van der Waals surface area contributed by atoms with Crippen molar-refractivity contribution in [2.24, 2.45) is 4.99 Å². The average Bonchev–Trinajstić information content (AvgIpc) is 3.21. The number of ether oxygens (including phenoxy) is 1. The van der Waals surface area contributed by atoms with Crippen LogP contribution < -0.4 is 10.9 Å². The summed E-state index contributed by atoms with van der Waals surface area (Å²) in [6, 6.07) is 15.3. The van der Waals surface area contributed by atoms with Gasteiger partial charge in [-0.25, -0.2) is 4.99 Å². The summed E-state index contributed by atoms with van der Waals surface area (Å²) in [4.78, 5) is 17.6. The van der Waals surface area contributed by atoms with Gasteiger partial charge in [0.2, 0.25) is 5.55 Å². The van der Waals surface area contributed by atoms with Gasteiger partial charge in [-0.1, -0.05) is 34.1 Å². The molecule has 1 amide bonds. The van der Waals surface area contributed by atoms with Crippen LogP contribution in [0.25, 0.3) is 11.0 Å². The van der Waals surface area contributed by atoms with Crippen LogP contribution in [-0.2, 0) is 4.74 Å². The number of amides is 1. The van der Waals surface area contributed by atoms with E-state index in [1.165, 1.54) is 0 Å². The highest BCUT2D eigenvalue weighted by Gasteiger charge is 2.18. The van der Waals surface area contributed by atoms with Gasteiger partial charge < -0.3 is 14.5 Å². The molecule has 1 fully saturated rings. The van der Waals surface area contributed by atoms with E-state index in [-0.39, 0.29) is 12.0 Å². The Morgan fingerprint density at radius 3 is 2.89 bits per heavy atom. The average molecular weight is 441 g/mol. The van der Waals surface area contributed by atoms with Crippen molar-refractivity contribution in [2.75, 3.05) is 13.2 Å². The lowest BCUT2D eigenvalue weighted by atomic mass is 10.1. The molecule has 0 radical (unpaired) electrons. The zero-order valence-corrected chi connectivity index (χ0v) is 17.2. The minimum atomic E-state index is -0.214. The molecule has 4 rings (SSSR count). The van der Waals surface area contributed by atoms with Crippen molar-refractivity contribution in [3.05, 3.63) is 69.7 Å². The molecular formula is C22H21BrN2O3. The number of carbonyl (C=O) groups excluding carboxylic acids is 1. The Labute approximate surface area is 171 Å². The van der Waals surface area contributed by atoms with Gasteiger partial charge in [0, 0.05) is 23.0 Å². The number of aryl methyl sites for hydroxylation is 1. The summed E-state index contributed by atoms with van der Waals surface area (Å²) >= 11 is 3.47. The van der Waals surface area contributed by atoms with Crippen molar-refractivity contribution in [1.29, 1.82) is 0 Å². The summed E-state index contributed by atoms with van der Waals surface area (Å²) in [5.74, 6) is -0.214. The Morgan fingerprint density at radius 2 is 2.11 bits per heavy atom. The highest BCUT2D eigenvalue weighted by molar-refractivity contribution is 9.10. The molecule has 0 bridgehead atoms. The molecule has 5 nitrogen and oxygen atoms in total. The third-order valence-corrected chi connectivity index (χ3v) is 5.30. The first-order valence-electron chi connectivity index (χ1n) is 9.34. The number of fused-ring (bicyclic) bond motifs is 1. The first-order chi connectivity index (χ1) is 13.6. The molecule has 2 heterocycles. The largest absolute Gasteiger partial charge is 0.438 e. The zero-order valence-electron chi connectivity index (χ0n) is 15.6. The van der Waals surface area contributed by atoms with Crippen LogP contribution in [0.4, 0.5) is 5.69 Å². The van der Waals surface area contributed by atoms with Crippen LogP contribution in [0, 0.1) is 6.92 Å². The zero-order chi connectivity index (χ0) is 19.5. The predicted octanol–water partition coefficient (Wildman–Crippen LogP) is 4.64. The lowest BCUT2D eigenvalue weighted by Crippen LogP contribution is -2.34. The Hall–Kier alpha value is -2.44. The van der Waals surface area contributed by atoms with Crippen LogP contribution in [0.2, 0.25) is 0 Å². The van der Waals surface area contributed by atoms with Crippen molar-refractivity contribution in [2.45, 2.75) is 25.9 Å². The minimum Gasteiger partial charge on any atom is -0.438 e. The predicted molar refractivity (Wildman–Crippen MR) is 112 cm³/mol. The third kappa shape index (κ3) is 4.18. The van der Waals surface area contributed by atoms with E-state index in [1.807, 2.05) is 55.5 Å². The maximum absolute atomic E-state index is 12.9. The van der Waals surface area contributed by atoms with Crippen molar-refractivity contribution < 1.29 is 13.9 Å². The first kappa shape index (κ1) is 18.9. The maximum atomic E-state index is 12.9. The Morgan fingerprint density at radius 1 is 1.25 bits per heavy atom. The fraction of sp³-hybridized carbons (Fsp3) is 0.273. The SMILES string of the molecule is Cc1ccccc1N=c1oc2ccc(Br)cc2cc1C(=O)NC[C@H]1CCCO1. The number of halogens is 1. The number of carbonyl (C=O) groups is 1. The van der Waals surface area contributed by atoms with Gasteiger partial charge >= 0.3 is 0 Å². The number of para-hydroxylation sites is 1. The maximum Gasteiger partial charge on any atom is 0.256 e. The van der Waals surface area contributed by atoms with E-state index in [2.05, 4.69) is 26.2 Å². The van der Waals surface area contributed by atoms with Crippen molar-refractivity contribution in [1.82, 2.24) is 5.32 Å². The van der Waals surface area contributed by atoms with Gasteiger partial charge in [-0.3, -0.25) is 4.79 Å². The van der Waals surface area contributed by atoms with E-state index >= 15 is 0 Å². The van der Waals surface area contributed by atoms with Gasteiger partial charge in [0.15, 0.2) is 0 Å². The number of benzene rings is 2.